The van der Waals surface area contributed by atoms with Crippen molar-refractivity contribution in [2.24, 2.45) is 0 Å². The first-order valence-electron chi connectivity index (χ1n) is 9.69. The molecule has 0 saturated heterocycles. The van der Waals surface area contributed by atoms with E-state index in [1.165, 1.54) is 35.2 Å². The number of aromatic nitrogens is 2. The van der Waals surface area contributed by atoms with Gasteiger partial charge in [0.15, 0.2) is 4.34 Å². The SMILES string of the molecule is CCOc1ccc(OCCNC(=O)CSc2nnc(NCc3ccc(F)cc3)s2)cc1. The summed E-state index contributed by atoms with van der Waals surface area (Å²) in [5.74, 6) is 1.40. The van der Waals surface area contributed by atoms with Crippen molar-refractivity contribution in [2.75, 3.05) is 30.8 Å². The van der Waals surface area contributed by atoms with Gasteiger partial charge in [-0.05, 0) is 48.9 Å². The highest BCUT2D eigenvalue weighted by Crippen LogP contribution is 2.25. The smallest absolute Gasteiger partial charge is 0.230 e. The molecule has 0 aliphatic rings. The Labute approximate surface area is 188 Å². The number of rotatable bonds is 12. The third-order valence-electron chi connectivity index (χ3n) is 3.92. The fourth-order valence-corrected chi connectivity index (χ4v) is 4.03. The fraction of sp³-hybridized carbons (Fsp3) is 0.286. The molecule has 3 aromatic rings. The zero-order valence-electron chi connectivity index (χ0n) is 17.0. The highest BCUT2D eigenvalue weighted by Gasteiger charge is 2.08. The minimum Gasteiger partial charge on any atom is -0.494 e. The molecule has 2 aromatic carbocycles. The van der Waals surface area contributed by atoms with Crippen molar-refractivity contribution < 1.29 is 18.7 Å². The molecule has 10 heteroatoms. The lowest BCUT2D eigenvalue weighted by Gasteiger charge is -2.08. The zero-order chi connectivity index (χ0) is 21.9. The van der Waals surface area contributed by atoms with E-state index < -0.39 is 0 Å². The van der Waals surface area contributed by atoms with Gasteiger partial charge in [-0.1, -0.05) is 35.2 Å². The zero-order valence-corrected chi connectivity index (χ0v) is 18.6. The summed E-state index contributed by atoms with van der Waals surface area (Å²) >= 11 is 2.69. The molecule has 164 valence electrons. The van der Waals surface area contributed by atoms with Crippen molar-refractivity contribution in [3.63, 3.8) is 0 Å². The van der Waals surface area contributed by atoms with Crippen molar-refractivity contribution in [1.82, 2.24) is 15.5 Å². The van der Waals surface area contributed by atoms with Gasteiger partial charge in [0.2, 0.25) is 11.0 Å². The maximum Gasteiger partial charge on any atom is 0.230 e. The maximum atomic E-state index is 12.9. The van der Waals surface area contributed by atoms with Crippen LogP contribution < -0.4 is 20.1 Å². The number of carbonyl (C=O) groups excluding carboxylic acids is 1. The summed E-state index contributed by atoms with van der Waals surface area (Å²) in [5, 5.41) is 14.7. The van der Waals surface area contributed by atoms with Gasteiger partial charge in [-0.2, -0.15) is 0 Å². The van der Waals surface area contributed by atoms with E-state index in [1.54, 1.807) is 12.1 Å². The second-order valence-electron chi connectivity index (χ2n) is 6.24. The van der Waals surface area contributed by atoms with Gasteiger partial charge in [-0.25, -0.2) is 4.39 Å². The molecule has 0 bridgehead atoms. The van der Waals surface area contributed by atoms with Crippen LogP contribution in [0.1, 0.15) is 12.5 Å². The first-order chi connectivity index (χ1) is 15.1. The third kappa shape index (κ3) is 8.06. The topological polar surface area (TPSA) is 85.4 Å². The molecule has 0 fully saturated rings. The molecule has 7 nitrogen and oxygen atoms in total. The van der Waals surface area contributed by atoms with Crippen molar-refractivity contribution >= 4 is 34.1 Å². The largest absolute Gasteiger partial charge is 0.494 e. The lowest BCUT2D eigenvalue weighted by molar-refractivity contribution is -0.118. The van der Waals surface area contributed by atoms with E-state index in [2.05, 4.69) is 20.8 Å². The number of halogens is 1. The molecule has 0 unspecified atom stereocenters. The van der Waals surface area contributed by atoms with Crippen molar-refractivity contribution in [3.05, 3.63) is 59.9 Å². The van der Waals surface area contributed by atoms with Crippen LogP contribution in [0.5, 0.6) is 11.5 Å². The van der Waals surface area contributed by atoms with Gasteiger partial charge in [-0.3, -0.25) is 4.79 Å². The monoisotopic (exact) mass is 462 g/mol. The summed E-state index contributed by atoms with van der Waals surface area (Å²) in [6.45, 7) is 3.86. The first-order valence-corrected chi connectivity index (χ1v) is 11.5. The van der Waals surface area contributed by atoms with Crippen LogP contribution in [0.25, 0.3) is 0 Å². The van der Waals surface area contributed by atoms with E-state index in [9.17, 15) is 9.18 Å². The van der Waals surface area contributed by atoms with Crippen molar-refractivity contribution in [3.8, 4) is 11.5 Å². The summed E-state index contributed by atoms with van der Waals surface area (Å²) in [7, 11) is 0. The van der Waals surface area contributed by atoms with Gasteiger partial charge in [0, 0.05) is 6.54 Å². The van der Waals surface area contributed by atoms with E-state index in [1.807, 2.05) is 31.2 Å². The molecule has 0 radical (unpaired) electrons. The van der Waals surface area contributed by atoms with Gasteiger partial charge >= 0.3 is 0 Å². The number of thioether (sulfide) groups is 1. The standard InChI is InChI=1S/C21H23FN4O3S2/c1-2-28-17-7-9-18(10-8-17)29-12-11-23-19(27)14-30-21-26-25-20(31-21)24-13-15-3-5-16(22)6-4-15/h3-10H,2,11-14H2,1H3,(H,23,27)(H,24,25). The van der Waals surface area contributed by atoms with Gasteiger partial charge in [0.25, 0.3) is 0 Å². The van der Waals surface area contributed by atoms with E-state index in [0.29, 0.717) is 35.8 Å². The average Bonchev–Trinajstić information content (AvgIpc) is 3.24. The minimum absolute atomic E-state index is 0.101. The lowest BCUT2D eigenvalue weighted by atomic mass is 10.2. The van der Waals surface area contributed by atoms with Gasteiger partial charge in [0.1, 0.15) is 23.9 Å². The molecule has 3 rings (SSSR count). The Balaban J connectivity index is 1.30. The van der Waals surface area contributed by atoms with Crippen LogP contribution in [0.2, 0.25) is 0 Å². The molecule has 0 spiro atoms. The van der Waals surface area contributed by atoms with Crippen LogP contribution >= 0.6 is 23.1 Å². The third-order valence-corrected chi connectivity index (χ3v) is 5.93. The molecular formula is C21H23FN4O3S2. The van der Waals surface area contributed by atoms with E-state index >= 15 is 0 Å². The number of hydrogen-bond donors (Lipinski definition) is 2. The van der Waals surface area contributed by atoms with Gasteiger partial charge in [0.05, 0.1) is 18.9 Å². The van der Waals surface area contributed by atoms with Gasteiger partial charge < -0.3 is 20.1 Å². The van der Waals surface area contributed by atoms with Crippen molar-refractivity contribution in [1.29, 1.82) is 0 Å². The van der Waals surface area contributed by atoms with Crippen LogP contribution in [0.3, 0.4) is 0 Å². The normalized spacial score (nSPS) is 10.5. The summed E-state index contributed by atoms with van der Waals surface area (Å²) in [6, 6.07) is 13.6. The lowest BCUT2D eigenvalue weighted by Crippen LogP contribution is -2.29. The Morgan fingerprint density at radius 3 is 2.48 bits per heavy atom. The van der Waals surface area contributed by atoms with Crippen LogP contribution in [0.15, 0.2) is 52.9 Å². The number of anilines is 1. The highest BCUT2D eigenvalue weighted by atomic mass is 32.2. The molecule has 31 heavy (non-hydrogen) atoms. The number of ether oxygens (including phenoxy) is 2. The maximum absolute atomic E-state index is 12.9. The van der Waals surface area contributed by atoms with E-state index in [0.717, 1.165) is 17.1 Å². The Morgan fingerprint density at radius 2 is 1.77 bits per heavy atom. The summed E-state index contributed by atoms with van der Waals surface area (Å²) in [5.41, 5.74) is 0.942. The first kappa shape index (κ1) is 22.8. The van der Waals surface area contributed by atoms with Crippen LogP contribution in [-0.2, 0) is 11.3 Å². The second-order valence-corrected chi connectivity index (χ2v) is 8.44. The quantitative estimate of drug-likeness (QED) is 0.311. The average molecular weight is 463 g/mol. The molecule has 0 aliphatic carbocycles. The number of carbonyl (C=O) groups is 1. The van der Waals surface area contributed by atoms with Crippen LogP contribution in [0.4, 0.5) is 9.52 Å². The molecule has 2 N–H and O–H groups in total. The summed E-state index contributed by atoms with van der Waals surface area (Å²) < 4.78 is 24.6. The second kappa shape index (κ2) is 12.1. The summed E-state index contributed by atoms with van der Waals surface area (Å²) in [4.78, 5) is 12.0. The molecule has 0 saturated carbocycles. The van der Waals surface area contributed by atoms with Crippen molar-refractivity contribution in [2.45, 2.75) is 17.8 Å². The molecule has 1 amide bonds. The molecule has 0 aliphatic heterocycles. The Morgan fingerprint density at radius 1 is 1.06 bits per heavy atom. The molecular weight excluding hydrogens is 439 g/mol. The number of nitrogens with one attached hydrogen (secondary N) is 2. The predicted molar refractivity (Wildman–Crippen MR) is 120 cm³/mol. The Kier molecular flexibility index (Phi) is 8.92. The number of nitrogens with zero attached hydrogens (tertiary/aromatic N) is 2. The Hall–Kier alpha value is -2.85. The number of amides is 1. The van der Waals surface area contributed by atoms with Crippen LogP contribution in [0, 0.1) is 5.82 Å². The molecule has 1 heterocycles. The van der Waals surface area contributed by atoms with E-state index in [4.69, 9.17) is 9.47 Å². The van der Waals surface area contributed by atoms with Crippen LogP contribution in [-0.4, -0.2) is 41.6 Å². The van der Waals surface area contributed by atoms with E-state index in [-0.39, 0.29) is 17.5 Å². The number of hydrogen-bond acceptors (Lipinski definition) is 8. The van der Waals surface area contributed by atoms with Gasteiger partial charge in [-0.15, -0.1) is 10.2 Å². The Bertz CT molecular complexity index is 952. The molecule has 0 atom stereocenters. The highest BCUT2D eigenvalue weighted by molar-refractivity contribution is 8.01. The predicted octanol–water partition coefficient (Wildman–Crippen LogP) is 3.98. The molecule has 1 aromatic heterocycles. The minimum atomic E-state index is -0.264. The number of benzene rings is 2. The fourth-order valence-electron chi connectivity index (χ4n) is 2.46. The summed E-state index contributed by atoms with van der Waals surface area (Å²) in [6.07, 6.45) is 0.